The second-order valence-corrected chi connectivity index (χ2v) is 10.00. The van der Waals surface area contributed by atoms with Gasteiger partial charge in [-0.1, -0.05) is 61.2 Å². The first kappa shape index (κ1) is 20.4. The lowest BCUT2D eigenvalue weighted by Gasteiger charge is -2.32. The smallest absolute Gasteiger partial charge is 0.263 e. The van der Waals surface area contributed by atoms with E-state index in [2.05, 4.69) is 32.6 Å². The molecule has 1 aromatic carbocycles. The van der Waals surface area contributed by atoms with Gasteiger partial charge in [0.15, 0.2) is 5.16 Å². The Hall–Kier alpha value is -1.89. The molecule has 152 valence electrons. The number of thiophene rings is 1. The maximum atomic E-state index is 13.7. The molecule has 6 heteroatoms. The molecule has 3 aromatic rings. The van der Waals surface area contributed by atoms with E-state index in [9.17, 15) is 4.79 Å². The van der Waals surface area contributed by atoms with Crippen molar-refractivity contribution >= 4 is 33.3 Å². The summed E-state index contributed by atoms with van der Waals surface area (Å²) in [5.41, 5.74) is 3.13. The van der Waals surface area contributed by atoms with Crippen LogP contribution in [0, 0.1) is 0 Å². The van der Waals surface area contributed by atoms with Crippen LogP contribution in [0.5, 0.6) is 0 Å². The summed E-state index contributed by atoms with van der Waals surface area (Å²) < 4.78 is 7.93. The maximum absolute atomic E-state index is 13.7. The zero-order chi connectivity index (χ0) is 20.6. The zero-order valence-electron chi connectivity index (χ0n) is 17.2. The molecule has 0 saturated heterocycles. The number of nitrogens with zero attached hydrogens (tertiary/aromatic N) is 2. The van der Waals surface area contributed by atoms with Gasteiger partial charge in [-0.15, -0.1) is 11.3 Å². The highest BCUT2D eigenvalue weighted by atomic mass is 32.2. The predicted octanol–water partition coefficient (Wildman–Crippen LogP) is 5.42. The predicted molar refractivity (Wildman–Crippen MR) is 122 cm³/mol. The summed E-state index contributed by atoms with van der Waals surface area (Å²) in [4.78, 5) is 20.6. The van der Waals surface area contributed by atoms with E-state index in [1.54, 1.807) is 23.1 Å². The summed E-state index contributed by atoms with van der Waals surface area (Å²) >= 11 is 3.18. The van der Waals surface area contributed by atoms with Crippen molar-refractivity contribution in [2.24, 2.45) is 0 Å². The summed E-state index contributed by atoms with van der Waals surface area (Å²) in [6, 6.07) is 10.1. The minimum Gasteiger partial charge on any atom is -0.369 e. The van der Waals surface area contributed by atoms with Crippen LogP contribution < -0.4 is 5.56 Å². The largest absolute Gasteiger partial charge is 0.369 e. The van der Waals surface area contributed by atoms with Crippen LogP contribution in [0.25, 0.3) is 10.2 Å². The van der Waals surface area contributed by atoms with Gasteiger partial charge in [0.2, 0.25) is 0 Å². The van der Waals surface area contributed by atoms with Gasteiger partial charge in [-0.25, -0.2) is 4.98 Å². The standard InChI is InChI=1S/C23H26N2O2S2/c1-5-23(4)11-17-18(13-27-23)29-20-19(17)21(26)25(12-16-9-7-6-8-10-16)22(24-20)28-14-15(2)3/h6-10H,2,5,11-14H2,1,3-4H3/t23-/m1/s1. The molecular weight excluding hydrogens is 400 g/mol. The molecular formula is C23H26N2O2S2. The number of rotatable bonds is 6. The van der Waals surface area contributed by atoms with Gasteiger partial charge in [-0.2, -0.15) is 0 Å². The number of fused-ring (bicyclic) bond motifs is 3. The van der Waals surface area contributed by atoms with Crippen LogP contribution in [0.15, 0.2) is 52.4 Å². The van der Waals surface area contributed by atoms with Crippen LogP contribution >= 0.6 is 23.1 Å². The van der Waals surface area contributed by atoms with Gasteiger partial charge in [-0.3, -0.25) is 9.36 Å². The van der Waals surface area contributed by atoms with E-state index in [1.807, 2.05) is 29.7 Å². The Labute approximate surface area is 179 Å². The fourth-order valence-corrected chi connectivity index (χ4v) is 5.55. The molecule has 0 aliphatic carbocycles. The van der Waals surface area contributed by atoms with Gasteiger partial charge < -0.3 is 4.74 Å². The number of ether oxygens (including phenoxy) is 1. The third-order valence-electron chi connectivity index (χ3n) is 5.44. The first-order valence-corrected chi connectivity index (χ1v) is 11.7. The molecule has 0 fully saturated rings. The van der Waals surface area contributed by atoms with Crippen LogP contribution in [0.1, 0.15) is 43.2 Å². The van der Waals surface area contributed by atoms with Gasteiger partial charge in [0.25, 0.3) is 5.56 Å². The van der Waals surface area contributed by atoms with Crippen molar-refractivity contribution in [3.63, 3.8) is 0 Å². The van der Waals surface area contributed by atoms with Gasteiger partial charge in [0.1, 0.15) is 4.83 Å². The average molecular weight is 427 g/mol. The quantitative estimate of drug-likeness (QED) is 0.300. The highest BCUT2D eigenvalue weighted by Gasteiger charge is 2.33. The molecule has 0 N–H and O–H groups in total. The highest BCUT2D eigenvalue weighted by Crippen LogP contribution is 2.39. The van der Waals surface area contributed by atoms with Crippen molar-refractivity contribution in [3.8, 4) is 0 Å². The molecule has 29 heavy (non-hydrogen) atoms. The summed E-state index contributed by atoms with van der Waals surface area (Å²) in [6.45, 7) is 11.3. The molecule has 0 unspecified atom stereocenters. The first-order valence-electron chi connectivity index (χ1n) is 9.90. The Bertz CT molecular complexity index is 1120. The molecule has 0 bridgehead atoms. The Morgan fingerprint density at radius 2 is 2.14 bits per heavy atom. The normalized spacial score (nSPS) is 18.7. The molecule has 3 heterocycles. The number of hydrogen-bond donors (Lipinski definition) is 0. The SMILES string of the molecule is C=C(C)CSc1nc2sc3c(c2c(=O)n1Cc1ccccc1)C[C@@](C)(CC)OC3. The van der Waals surface area contributed by atoms with Crippen molar-refractivity contribution < 1.29 is 4.74 Å². The van der Waals surface area contributed by atoms with Crippen molar-refractivity contribution in [2.75, 3.05) is 5.75 Å². The molecule has 0 saturated carbocycles. The lowest BCUT2D eigenvalue weighted by molar-refractivity contribution is -0.0543. The summed E-state index contributed by atoms with van der Waals surface area (Å²) in [6.07, 6.45) is 1.68. The van der Waals surface area contributed by atoms with E-state index >= 15 is 0 Å². The Morgan fingerprint density at radius 1 is 1.38 bits per heavy atom. The van der Waals surface area contributed by atoms with E-state index < -0.39 is 0 Å². The first-order chi connectivity index (χ1) is 13.9. The molecule has 0 amide bonds. The molecule has 4 nitrogen and oxygen atoms in total. The average Bonchev–Trinajstić information content (AvgIpc) is 3.07. The maximum Gasteiger partial charge on any atom is 0.263 e. The second-order valence-electron chi connectivity index (χ2n) is 7.97. The summed E-state index contributed by atoms with van der Waals surface area (Å²) in [5.74, 6) is 0.745. The zero-order valence-corrected chi connectivity index (χ0v) is 18.8. The van der Waals surface area contributed by atoms with Crippen molar-refractivity contribution in [3.05, 3.63) is 68.8 Å². The molecule has 1 atom stereocenters. The number of benzene rings is 1. The third-order valence-corrected chi connectivity index (χ3v) is 7.75. The van der Waals surface area contributed by atoms with E-state index in [0.717, 1.165) is 55.5 Å². The van der Waals surface area contributed by atoms with Gasteiger partial charge in [-0.05, 0) is 31.4 Å². The monoisotopic (exact) mass is 426 g/mol. The third kappa shape index (κ3) is 4.06. The molecule has 0 radical (unpaired) electrons. The van der Waals surface area contributed by atoms with E-state index in [-0.39, 0.29) is 11.2 Å². The van der Waals surface area contributed by atoms with Gasteiger partial charge in [0, 0.05) is 17.1 Å². The van der Waals surface area contributed by atoms with Crippen LogP contribution in [0.3, 0.4) is 0 Å². The lowest BCUT2D eigenvalue weighted by atomic mass is 9.90. The molecule has 1 aliphatic rings. The molecule has 0 spiro atoms. The second kappa shape index (κ2) is 8.09. The number of thioether (sulfide) groups is 1. The van der Waals surface area contributed by atoms with E-state index in [4.69, 9.17) is 9.72 Å². The Kier molecular flexibility index (Phi) is 5.69. The van der Waals surface area contributed by atoms with Gasteiger partial charge >= 0.3 is 0 Å². The fourth-order valence-electron chi connectivity index (χ4n) is 3.56. The Morgan fingerprint density at radius 3 is 2.83 bits per heavy atom. The summed E-state index contributed by atoms with van der Waals surface area (Å²) in [7, 11) is 0. The minimum absolute atomic E-state index is 0.0564. The number of hydrogen-bond acceptors (Lipinski definition) is 5. The van der Waals surface area contributed by atoms with Crippen molar-refractivity contribution in [2.45, 2.75) is 57.5 Å². The Balaban J connectivity index is 1.87. The van der Waals surface area contributed by atoms with Crippen LogP contribution in [-0.4, -0.2) is 20.9 Å². The van der Waals surface area contributed by atoms with Crippen molar-refractivity contribution in [1.82, 2.24) is 9.55 Å². The minimum atomic E-state index is -0.217. The molecule has 2 aromatic heterocycles. The van der Waals surface area contributed by atoms with Crippen LogP contribution in [0.4, 0.5) is 0 Å². The topological polar surface area (TPSA) is 44.1 Å². The summed E-state index contributed by atoms with van der Waals surface area (Å²) in [5, 5.41) is 1.54. The van der Waals surface area contributed by atoms with Crippen LogP contribution in [-0.2, 0) is 24.3 Å². The van der Waals surface area contributed by atoms with Crippen LogP contribution in [0.2, 0.25) is 0 Å². The molecule has 1 aliphatic heterocycles. The fraction of sp³-hybridized carbons (Fsp3) is 0.391. The highest BCUT2D eigenvalue weighted by molar-refractivity contribution is 7.99. The van der Waals surface area contributed by atoms with Crippen molar-refractivity contribution in [1.29, 1.82) is 0 Å². The van der Waals surface area contributed by atoms with E-state index in [1.165, 1.54) is 0 Å². The number of aromatic nitrogens is 2. The lowest BCUT2D eigenvalue weighted by Crippen LogP contribution is -2.34. The van der Waals surface area contributed by atoms with E-state index in [0.29, 0.717) is 13.2 Å². The molecule has 4 rings (SSSR count). The van der Waals surface area contributed by atoms with Gasteiger partial charge in [0.05, 0.1) is 24.1 Å².